The van der Waals surface area contributed by atoms with Crippen molar-refractivity contribution in [2.45, 2.75) is 39.2 Å². The molecular formula is C23H26N4O2S. The number of nitrogens with two attached hydrogens (primary N) is 1. The number of pyridine rings is 1. The van der Waals surface area contributed by atoms with Gasteiger partial charge in [0.25, 0.3) is 5.91 Å². The third kappa shape index (κ3) is 3.37. The molecule has 6 nitrogen and oxygen atoms in total. The fourth-order valence-corrected chi connectivity index (χ4v) is 5.63. The zero-order valence-corrected chi connectivity index (χ0v) is 18.1. The predicted molar refractivity (Wildman–Crippen MR) is 122 cm³/mol. The van der Waals surface area contributed by atoms with Crippen LogP contribution in [0.1, 0.15) is 39.3 Å². The average molecular weight is 423 g/mol. The van der Waals surface area contributed by atoms with Crippen molar-refractivity contribution >= 4 is 38.8 Å². The molecule has 5 rings (SSSR count). The van der Waals surface area contributed by atoms with Crippen LogP contribution in [-0.2, 0) is 6.42 Å². The number of anilines is 2. The van der Waals surface area contributed by atoms with Crippen LogP contribution in [0.5, 0.6) is 5.75 Å². The first-order valence-electron chi connectivity index (χ1n) is 10.5. The van der Waals surface area contributed by atoms with Gasteiger partial charge in [-0.25, -0.2) is 4.98 Å². The zero-order chi connectivity index (χ0) is 20.8. The Morgan fingerprint density at radius 2 is 2.07 bits per heavy atom. The Hall–Kier alpha value is -2.80. The number of nitrogens with one attached hydrogen (secondary N) is 1. The summed E-state index contributed by atoms with van der Waals surface area (Å²) in [5, 5.41) is 3.99. The number of hydrogen-bond donors (Lipinski definition) is 2. The molecule has 3 aromatic rings. The number of amides is 1. The van der Waals surface area contributed by atoms with E-state index >= 15 is 0 Å². The normalized spacial score (nSPS) is 18.3. The molecule has 1 aromatic carbocycles. The van der Waals surface area contributed by atoms with E-state index in [1.807, 2.05) is 19.9 Å². The zero-order valence-electron chi connectivity index (χ0n) is 17.3. The van der Waals surface area contributed by atoms with E-state index in [1.54, 1.807) is 0 Å². The Bertz CT molecular complexity index is 1130. The Kier molecular flexibility index (Phi) is 4.77. The number of rotatable bonds is 3. The van der Waals surface area contributed by atoms with Gasteiger partial charge >= 0.3 is 0 Å². The predicted octanol–water partition coefficient (Wildman–Crippen LogP) is 3.83. The molecule has 4 heterocycles. The van der Waals surface area contributed by atoms with Gasteiger partial charge in [-0.3, -0.25) is 4.79 Å². The van der Waals surface area contributed by atoms with Gasteiger partial charge in [-0.15, -0.1) is 11.3 Å². The van der Waals surface area contributed by atoms with Crippen molar-refractivity contribution in [3.05, 3.63) is 46.0 Å². The van der Waals surface area contributed by atoms with E-state index in [9.17, 15) is 4.79 Å². The van der Waals surface area contributed by atoms with Crippen molar-refractivity contribution in [3.63, 3.8) is 0 Å². The summed E-state index contributed by atoms with van der Waals surface area (Å²) < 4.78 is 6.02. The van der Waals surface area contributed by atoms with Gasteiger partial charge < -0.3 is 20.7 Å². The molecule has 0 spiro atoms. The van der Waals surface area contributed by atoms with Gasteiger partial charge in [0.15, 0.2) is 0 Å². The molecule has 1 fully saturated rings. The molecule has 0 bridgehead atoms. The second-order valence-electron chi connectivity index (χ2n) is 8.28. The minimum atomic E-state index is -0.154. The van der Waals surface area contributed by atoms with Gasteiger partial charge in [-0.1, -0.05) is 6.07 Å². The van der Waals surface area contributed by atoms with E-state index < -0.39 is 0 Å². The third-order valence-electron chi connectivity index (χ3n) is 5.99. The largest absolute Gasteiger partial charge is 0.491 e. The molecule has 1 saturated heterocycles. The summed E-state index contributed by atoms with van der Waals surface area (Å²) in [6.07, 6.45) is 3.26. The number of benzene rings is 1. The van der Waals surface area contributed by atoms with Gasteiger partial charge in [0, 0.05) is 35.9 Å². The molecule has 30 heavy (non-hydrogen) atoms. The number of nitrogen functional groups attached to an aromatic ring is 1. The van der Waals surface area contributed by atoms with Crippen molar-refractivity contribution < 1.29 is 9.53 Å². The van der Waals surface area contributed by atoms with Gasteiger partial charge in [0.2, 0.25) is 0 Å². The SMILES string of the molecule is Cc1cc(C)c2c(N)c(C(=O)N[C@H]3COc4cc(N5CCCC5)ccc4C3)sc2n1. The number of carbonyl (C=O) groups excluding carboxylic acids is 1. The van der Waals surface area contributed by atoms with Gasteiger partial charge in [-0.05, 0) is 56.4 Å². The molecule has 3 N–H and O–H groups in total. The minimum Gasteiger partial charge on any atom is -0.491 e. The maximum absolute atomic E-state index is 13.0. The fourth-order valence-electron chi connectivity index (χ4n) is 4.51. The highest BCUT2D eigenvalue weighted by Crippen LogP contribution is 2.35. The summed E-state index contributed by atoms with van der Waals surface area (Å²) >= 11 is 1.36. The number of aromatic nitrogens is 1. The van der Waals surface area contributed by atoms with Crippen molar-refractivity contribution in [1.82, 2.24) is 10.3 Å². The maximum atomic E-state index is 13.0. The Morgan fingerprint density at radius 3 is 2.87 bits per heavy atom. The van der Waals surface area contributed by atoms with E-state index in [0.717, 1.165) is 52.3 Å². The molecule has 1 atom stereocenters. The summed E-state index contributed by atoms with van der Waals surface area (Å²) in [5.74, 6) is 0.778. The quantitative estimate of drug-likeness (QED) is 0.671. The molecule has 1 amide bonds. The number of nitrogens with zero attached hydrogens (tertiary/aromatic N) is 2. The molecule has 156 valence electrons. The Labute approximate surface area is 180 Å². The molecule has 0 saturated carbocycles. The number of ether oxygens (including phenoxy) is 1. The lowest BCUT2D eigenvalue weighted by Crippen LogP contribution is -2.42. The van der Waals surface area contributed by atoms with Crippen LogP contribution < -0.4 is 20.7 Å². The summed E-state index contributed by atoms with van der Waals surface area (Å²) in [6.45, 7) is 6.64. The average Bonchev–Trinajstić information content (AvgIpc) is 3.36. The Morgan fingerprint density at radius 1 is 1.27 bits per heavy atom. The lowest BCUT2D eigenvalue weighted by molar-refractivity contribution is 0.0920. The maximum Gasteiger partial charge on any atom is 0.263 e. The first kappa shape index (κ1) is 19.2. The van der Waals surface area contributed by atoms with E-state index in [0.29, 0.717) is 17.2 Å². The minimum absolute atomic E-state index is 0.0805. The van der Waals surface area contributed by atoms with Crippen LogP contribution in [0.3, 0.4) is 0 Å². The van der Waals surface area contributed by atoms with Crippen LogP contribution in [0.4, 0.5) is 11.4 Å². The lowest BCUT2D eigenvalue weighted by Gasteiger charge is -2.27. The summed E-state index contributed by atoms with van der Waals surface area (Å²) in [7, 11) is 0. The number of hydrogen-bond acceptors (Lipinski definition) is 6. The van der Waals surface area contributed by atoms with Crippen molar-refractivity contribution in [2.75, 3.05) is 30.3 Å². The van der Waals surface area contributed by atoms with E-state index in [-0.39, 0.29) is 11.9 Å². The number of thiophene rings is 1. The molecule has 2 aliphatic rings. The molecule has 7 heteroatoms. The van der Waals surface area contributed by atoms with Crippen LogP contribution in [0.25, 0.3) is 10.2 Å². The number of fused-ring (bicyclic) bond motifs is 2. The molecule has 0 aliphatic carbocycles. The molecule has 0 radical (unpaired) electrons. The topological polar surface area (TPSA) is 80.5 Å². The highest BCUT2D eigenvalue weighted by Gasteiger charge is 2.26. The summed E-state index contributed by atoms with van der Waals surface area (Å²) in [5.41, 5.74) is 11.2. The fraction of sp³-hybridized carbons (Fsp3) is 0.391. The smallest absolute Gasteiger partial charge is 0.263 e. The van der Waals surface area contributed by atoms with Crippen LogP contribution in [0, 0.1) is 13.8 Å². The lowest BCUT2D eigenvalue weighted by atomic mass is 10.0. The highest BCUT2D eigenvalue weighted by molar-refractivity contribution is 7.21. The van der Waals surface area contributed by atoms with Crippen molar-refractivity contribution in [2.24, 2.45) is 0 Å². The molecule has 2 aromatic heterocycles. The van der Waals surface area contributed by atoms with Crippen LogP contribution >= 0.6 is 11.3 Å². The number of carbonyl (C=O) groups is 1. The first-order valence-corrected chi connectivity index (χ1v) is 11.3. The summed E-state index contributed by atoms with van der Waals surface area (Å²) in [6, 6.07) is 8.35. The van der Waals surface area contributed by atoms with Gasteiger partial charge in [0.1, 0.15) is 22.1 Å². The number of aryl methyl sites for hydroxylation is 2. The van der Waals surface area contributed by atoms with Crippen LogP contribution in [0.2, 0.25) is 0 Å². The Balaban J connectivity index is 1.32. The second kappa shape index (κ2) is 7.47. The highest BCUT2D eigenvalue weighted by atomic mass is 32.1. The second-order valence-corrected chi connectivity index (χ2v) is 9.28. The van der Waals surface area contributed by atoms with Gasteiger partial charge in [0.05, 0.1) is 11.7 Å². The van der Waals surface area contributed by atoms with Gasteiger partial charge in [-0.2, -0.15) is 0 Å². The summed E-state index contributed by atoms with van der Waals surface area (Å²) in [4.78, 5) is 21.3. The van der Waals surface area contributed by atoms with Crippen molar-refractivity contribution in [3.8, 4) is 5.75 Å². The molecule has 0 unspecified atom stereocenters. The van der Waals surface area contributed by atoms with Crippen molar-refractivity contribution in [1.29, 1.82) is 0 Å². The standard InChI is InChI=1S/C23H26N4O2S/c1-13-9-14(2)25-23-19(13)20(24)21(30-23)22(28)26-16-10-15-5-6-17(11-18(15)29-12-16)27-7-3-4-8-27/h5-6,9,11,16H,3-4,7-8,10,12,24H2,1-2H3,(H,26,28)/t16-/m1/s1. The monoisotopic (exact) mass is 422 g/mol. The van der Waals surface area contributed by atoms with E-state index in [1.165, 1.54) is 29.9 Å². The van der Waals surface area contributed by atoms with Crippen LogP contribution in [0.15, 0.2) is 24.3 Å². The van der Waals surface area contributed by atoms with Crippen LogP contribution in [-0.4, -0.2) is 36.6 Å². The van der Waals surface area contributed by atoms with E-state index in [4.69, 9.17) is 10.5 Å². The first-order chi connectivity index (χ1) is 14.5. The molecular weight excluding hydrogens is 396 g/mol. The molecule has 2 aliphatic heterocycles. The van der Waals surface area contributed by atoms with E-state index in [2.05, 4.69) is 33.4 Å². The third-order valence-corrected chi connectivity index (χ3v) is 7.09.